The smallest absolute Gasteiger partial charge is 0.0420 e. The molecule has 1 aliphatic carbocycles. The van der Waals surface area contributed by atoms with E-state index in [2.05, 4.69) is 34.7 Å². The molecule has 1 aromatic heterocycles. The van der Waals surface area contributed by atoms with Crippen LogP contribution in [0.1, 0.15) is 29.8 Å². The molecule has 0 aromatic carbocycles. The SMILES string of the molecule is Cc1ccc(CNCCNC2CC2)c(C)n1. The Hall–Kier alpha value is -0.930. The van der Waals surface area contributed by atoms with Crippen molar-refractivity contribution in [2.75, 3.05) is 13.1 Å². The minimum atomic E-state index is 0.810. The molecule has 3 heteroatoms. The van der Waals surface area contributed by atoms with Crippen molar-refractivity contribution in [1.82, 2.24) is 15.6 Å². The number of hydrogen-bond donors (Lipinski definition) is 2. The zero-order chi connectivity index (χ0) is 11.4. The summed E-state index contributed by atoms with van der Waals surface area (Å²) in [6.07, 6.45) is 2.72. The predicted molar refractivity (Wildman–Crippen MR) is 66.4 cm³/mol. The maximum atomic E-state index is 4.46. The van der Waals surface area contributed by atoms with Crippen LogP contribution in [0.25, 0.3) is 0 Å². The quantitative estimate of drug-likeness (QED) is 0.713. The average molecular weight is 219 g/mol. The summed E-state index contributed by atoms with van der Waals surface area (Å²) in [5, 5.41) is 6.93. The van der Waals surface area contributed by atoms with E-state index in [1.165, 1.54) is 18.4 Å². The first kappa shape index (κ1) is 11.6. The lowest BCUT2D eigenvalue weighted by Crippen LogP contribution is -2.28. The second-order valence-electron chi connectivity index (χ2n) is 4.60. The molecule has 0 atom stereocenters. The van der Waals surface area contributed by atoms with Crippen LogP contribution in [0, 0.1) is 13.8 Å². The van der Waals surface area contributed by atoms with Crippen LogP contribution in [0.15, 0.2) is 12.1 Å². The van der Waals surface area contributed by atoms with Gasteiger partial charge in [0.2, 0.25) is 0 Å². The highest BCUT2D eigenvalue weighted by Gasteiger charge is 2.19. The van der Waals surface area contributed by atoms with Crippen molar-refractivity contribution in [2.24, 2.45) is 0 Å². The zero-order valence-corrected chi connectivity index (χ0v) is 10.2. The first-order valence-electron chi connectivity index (χ1n) is 6.13. The van der Waals surface area contributed by atoms with Crippen molar-refractivity contribution < 1.29 is 0 Å². The lowest BCUT2D eigenvalue weighted by molar-refractivity contribution is 0.606. The molecule has 2 N–H and O–H groups in total. The van der Waals surface area contributed by atoms with Crippen molar-refractivity contribution in [1.29, 1.82) is 0 Å². The van der Waals surface area contributed by atoms with Crippen LogP contribution in [-0.2, 0) is 6.54 Å². The molecule has 1 heterocycles. The predicted octanol–water partition coefficient (Wildman–Crippen LogP) is 1.54. The molecule has 0 bridgehead atoms. The number of aromatic nitrogens is 1. The third-order valence-corrected chi connectivity index (χ3v) is 2.96. The van der Waals surface area contributed by atoms with Gasteiger partial charge in [-0.3, -0.25) is 4.98 Å². The Morgan fingerprint density at radius 2 is 2.06 bits per heavy atom. The normalized spacial score (nSPS) is 15.4. The molecule has 1 aromatic rings. The highest BCUT2D eigenvalue weighted by atomic mass is 15.0. The van der Waals surface area contributed by atoms with Crippen molar-refractivity contribution in [3.63, 3.8) is 0 Å². The van der Waals surface area contributed by atoms with Gasteiger partial charge in [0, 0.05) is 37.1 Å². The number of nitrogens with zero attached hydrogens (tertiary/aromatic N) is 1. The van der Waals surface area contributed by atoms with Crippen LogP contribution < -0.4 is 10.6 Å². The second kappa shape index (κ2) is 5.41. The van der Waals surface area contributed by atoms with E-state index in [4.69, 9.17) is 0 Å². The summed E-state index contributed by atoms with van der Waals surface area (Å²) in [5.74, 6) is 0. The summed E-state index contributed by atoms with van der Waals surface area (Å²) < 4.78 is 0. The van der Waals surface area contributed by atoms with Crippen LogP contribution >= 0.6 is 0 Å². The summed E-state index contributed by atoms with van der Waals surface area (Å²) in [6, 6.07) is 5.05. The van der Waals surface area contributed by atoms with Gasteiger partial charge in [-0.05, 0) is 38.3 Å². The van der Waals surface area contributed by atoms with Gasteiger partial charge in [0.1, 0.15) is 0 Å². The van der Waals surface area contributed by atoms with Crippen molar-refractivity contribution in [3.05, 3.63) is 29.1 Å². The van der Waals surface area contributed by atoms with E-state index < -0.39 is 0 Å². The van der Waals surface area contributed by atoms with Gasteiger partial charge < -0.3 is 10.6 Å². The standard InChI is InChI=1S/C13H21N3/c1-10-3-4-12(11(2)16-10)9-14-7-8-15-13-5-6-13/h3-4,13-15H,5-9H2,1-2H3. The molecule has 0 amide bonds. The molecule has 16 heavy (non-hydrogen) atoms. The summed E-state index contributed by atoms with van der Waals surface area (Å²) in [4.78, 5) is 4.46. The molecule has 1 aliphatic rings. The highest BCUT2D eigenvalue weighted by molar-refractivity contribution is 5.21. The lowest BCUT2D eigenvalue weighted by atomic mass is 10.2. The Bertz CT molecular complexity index is 345. The molecule has 88 valence electrons. The van der Waals surface area contributed by atoms with Crippen LogP contribution in [0.2, 0.25) is 0 Å². The Kier molecular flexibility index (Phi) is 3.91. The Balaban J connectivity index is 1.67. The topological polar surface area (TPSA) is 37.0 Å². The van der Waals surface area contributed by atoms with Gasteiger partial charge in [-0.2, -0.15) is 0 Å². The third-order valence-electron chi connectivity index (χ3n) is 2.96. The van der Waals surface area contributed by atoms with Gasteiger partial charge in [0.15, 0.2) is 0 Å². The van der Waals surface area contributed by atoms with Gasteiger partial charge in [-0.25, -0.2) is 0 Å². The van der Waals surface area contributed by atoms with Gasteiger partial charge in [-0.15, -0.1) is 0 Å². The van der Waals surface area contributed by atoms with E-state index in [9.17, 15) is 0 Å². The maximum absolute atomic E-state index is 4.46. The van der Waals surface area contributed by atoms with Crippen molar-refractivity contribution in [3.8, 4) is 0 Å². The van der Waals surface area contributed by atoms with E-state index >= 15 is 0 Å². The maximum Gasteiger partial charge on any atom is 0.0420 e. The first-order valence-corrected chi connectivity index (χ1v) is 6.13. The minimum absolute atomic E-state index is 0.810. The highest BCUT2D eigenvalue weighted by Crippen LogP contribution is 2.17. The Labute approximate surface area is 97.7 Å². The number of rotatable bonds is 6. The number of pyridine rings is 1. The Morgan fingerprint density at radius 1 is 1.25 bits per heavy atom. The first-order chi connectivity index (χ1) is 7.75. The zero-order valence-electron chi connectivity index (χ0n) is 10.2. The number of nitrogens with one attached hydrogen (secondary N) is 2. The molecule has 3 nitrogen and oxygen atoms in total. The molecule has 2 rings (SSSR count). The largest absolute Gasteiger partial charge is 0.313 e. The van der Waals surface area contributed by atoms with Gasteiger partial charge >= 0.3 is 0 Å². The summed E-state index contributed by atoms with van der Waals surface area (Å²) >= 11 is 0. The fraction of sp³-hybridized carbons (Fsp3) is 0.615. The van der Waals surface area contributed by atoms with E-state index in [0.29, 0.717) is 0 Å². The average Bonchev–Trinajstić information content (AvgIpc) is 3.04. The third kappa shape index (κ3) is 3.58. The summed E-state index contributed by atoms with van der Waals surface area (Å²) in [5.41, 5.74) is 3.54. The molecule has 0 spiro atoms. The van der Waals surface area contributed by atoms with E-state index in [1.807, 2.05) is 6.92 Å². The minimum Gasteiger partial charge on any atom is -0.313 e. The lowest BCUT2D eigenvalue weighted by Gasteiger charge is -2.08. The molecule has 0 unspecified atom stereocenters. The number of hydrogen-bond acceptors (Lipinski definition) is 3. The van der Waals surface area contributed by atoms with Gasteiger partial charge in [-0.1, -0.05) is 6.07 Å². The van der Waals surface area contributed by atoms with Crippen LogP contribution in [0.3, 0.4) is 0 Å². The molecule has 1 fully saturated rings. The van der Waals surface area contributed by atoms with E-state index in [0.717, 1.165) is 37.1 Å². The van der Waals surface area contributed by atoms with Crippen LogP contribution in [-0.4, -0.2) is 24.1 Å². The van der Waals surface area contributed by atoms with Crippen molar-refractivity contribution in [2.45, 2.75) is 39.3 Å². The van der Waals surface area contributed by atoms with Crippen LogP contribution in [0.4, 0.5) is 0 Å². The number of aryl methyl sites for hydroxylation is 2. The fourth-order valence-corrected chi connectivity index (χ4v) is 1.78. The monoisotopic (exact) mass is 219 g/mol. The van der Waals surface area contributed by atoms with Crippen molar-refractivity contribution >= 4 is 0 Å². The fourth-order valence-electron chi connectivity index (χ4n) is 1.78. The second-order valence-corrected chi connectivity index (χ2v) is 4.60. The summed E-state index contributed by atoms with van der Waals surface area (Å²) in [6.45, 7) is 7.13. The van der Waals surface area contributed by atoms with E-state index in [1.54, 1.807) is 0 Å². The van der Waals surface area contributed by atoms with E-state index in [-0.39, 0.29) is 0 Å². The molecular weight excluding hydrogens is 198 g/mol. The molecule has 0 radical (unpaired) electrons. The van der Waals surface area contributed by atoms with Crippen LogP contribution in [0.5, 0.6) is 0 Å². The molecule has 1 saturated carbocycles. The summed E-state index contributed by atoms with van der Waals surface area (Å²) in [7, 11) is 0. The molecular formula is C13H21N3. The van der Waals surface area contributed by atoms with Gasteiger partial charge in [0.25, 0.3) is 0 Å². The van der Waals surface area contributed by atoms with Gasteiger partial charge in [0.05, 0.1) is 0 Å². The Morgan fingerprint density at radius 3 is 2.75 bits per heavy atom. The molecule has 0 saturated heterocycles. The molecule has 0 aliphatic heterocycles.